The van der Waals surface area contributed by atoms with Gasteiger partial charge in [-0.3, -0.25) is 4.79 Å². The molecule has 0 radical (unpaired) electrons. The molecule has 0 saturated heterocycles. The minimum atomic E-state index is -4.63. The number of ether oxygens (including phenoxy) is 2. The second-order valence-electron chi connectivity index (χ2n) is 5.61. The van der Waals surface area contributed by atoms with Crippen LogP contribution < -0.4 is 10.1 Å². The topological polar surface area (TPSA) is 84.9 Å². The zero-order valence-corrected chi connectivity index (χ0v) is 15.4. The molecular weight excluding hydrogens is 403 g/mol. The fourth-order valence-corrected chi connectivity index (χ4v) is 2.54. The van der Waals surface area contributed by atoms with Crippen molar-refractivity contribution in [2.45, 2.75) is 19.6 Å². The van der Waals surface area contributed by atoms with Crippen LogP contribution in [0.15, 0.2) is 30.3 Å². The molecule has 0 aliphatic carbocycles. The molecule has 0 aromatic heterocycles. The molecule has 0 fully saturated rings. The van der Waals surface area contributed by atoms with Gasteiger partial charge in [-0.05, 0) is 24.3 Å². The number of nitrogens with one attached hydrogen (secondary N) is 1. The van der Waals surface area contributed by atoms with Crippen molar-refractivity contribution in [2.75, 3.05) is 12.4 Å². The molecule has 0 spiro atoms. The number of halogens is 4. The van der Waals surface area contributed by atoms with Gasteiger partial charge >= 0.3 is 18.1 Å². The number of carbonyl (C=O) groups is 2. The first kappa shape index (κ1) is 21.4. The first-order chi connectivity index (χ1) is 13.0. The van der Waals surface area contributed by atoms with E-state index in [9.17, 15) is 27.9 Å². The molecule has 0 aliphatic rings. The number of methoxy groups -OCH3 is 1. The summed E-state index contributed by atoms with van der Waals surface area (Å²) in [4.78, 5) is 23.0. The Hall–Kier alpha value is -2.94. The van der Waals surface area contributed by atoms with Gasteiger partial charge in [0, 0.05) is 30.8 Å². The Labute approximate surface area is 162 Å². The molecule has 0 bridgehead atoms. The average molecular weight is 418 g/mol. The lowest BCUT2D eigenvalue weighted by Crippen LogP contribution is -2.10. The van der Waals surface area contributed by atoms with Crippen molar-refractivity contribution in [2.24, 2.45) is 0 Å². The number of phenolic OH excluding ortho intramolecular Hbond substituents is 1. The number of phenols is 1. The van der Waals surface area contributed by atoms with E-state index in [4.69, 9.17) is 16.3 Å². The largest absolute Gasteiger partial charge is 0.506 e. The number of hydrogen-bond donors (Lipinski definition) is 2. The lowest BCUT2D eigenvalue weighted by atomic mass is 10.1. The molecule has 2 aromatic rings. The number of benzene rings is 2. The third-order valence-corrected chi connectivity index (χ3v) is 3.88. The number of anilines is 1. The second-order valence-corrected chi connectivity index (χ2v) is 6.02. The quantitative estimate of drug-likeness (QED) is 0.554. The van der Waals surface area contributed by atoms with Crippen molar-refractivity contribution in [3.8, 4) is 11.5 Å². The summed E-state index contributed by atoms with van der Waals surface area (Å²) in [5.74, 6) is -1.99. The van der Waals surface area contributed by atoms with Gasteiger partial charge in [0.1, 0.15) is 17.1 Å². The number of esters is 2. The molecule has 2 aromatic carbocycles. The van der Waals surface area contributed by atoms with Gasteiger partial charge in [-0.2, -0.15) is 13.2 Å². The number of aromatic hydroxyl groups is 1. The second kappa shape index (κ2) is 8.39. The Bertz CT molecular complexity index is 915. The zero-order chi connectivity index (χ0) is 21.1. The molecule has 0 heterocycles. The predicted octanol–water partition coefficient (Wildman–Crippen LogP) is 4.39. The number of rotatable bonds is 5. The van der Waals surface area contributed by atoms with E-state index in [2.05, 4.69) is 10.1 Å². The van der Waals surface area contributed by atoms with E-state index in [-0.39, 0.29) is 23.4 Å². The molecule has 28 heavy (non-hydrogen) atoms. The minimum Gasteiger partial charge on any atom is -0.506 e. The van der Waals surface area contributed by atoms with E-state index in [0.717, 1.165) is 20.1 Å². The standard InChI is InChI=1S/C18H15ClF3NO5/c1-9(24)28-15-7-12(3-4-13(15)17(26)27-2)23-8-10-5-11(18(20,21)22)6-14(19)16(10)25/h3-7,23,25H,8H2,1-2H3. The van der Waals surface area contributed by atoms with E-state index in [1.807, 2.05) is 0 Å². The van der Waals surface area contributed by atoms with E-state index >= 15 is 0 Å². The fraction of sp³-hybridized carbons (Fsp3) is 0.222. The van der Waals surface area contributed by atoms with Gasteiger partial charge in [-0.15, -0.1) is 0 Å². The van der Waals surface area contributed by atoms with Gasteiger partial charge in [0.15, 0.2) is 0 Å². The summed E-state index contributed by atoms with van der Waals surface area (Å²) in [6, 6.07) is 5.46. The van der Waals surface area contributed by atoms with Crippen molar-refractivity contribution in [1.29, 1.82) is 0 Å². The summed E-state index contributed by atoms with van der Waals surface area (Å²) in [6.45, 7) is 0.927. The highest BCUT2D eigenvalue weighted by Gasteiger charge is 2.32. The van der Waals surface area contributed by atoms with Crippen LogP contribution in [-0.2, 0) is 22.3 Å². The fourth-order valence-electron chi connectivity index (χ4n) is 2.30. The Morgan fingerprint density at radius 3 is 2.46 bits per heavy atom. The number of carbonyl (C=O) groups excluding carboxylic acids is 2. The maximum absolute atomic E-state index is 12.9. The summed E-state index contributed by atoms with van der Waals surface area (Å²) >= 11 is 5.67. The van der Waals surface area contributed by atoms with Crippen molar-refractivity contribution >= 4 is 29.2 Å². The smallest absolute Gasteiger partial charge is 0.416 e. The number of hydrogen-bond acceptors (Lipinski definition) is 6. The summed E-state index contributed by atoms with van der Waals surface area (Å²) in [5.41, 5.74) is -0.787. The molecule has 2 rings (SSSR count). The molecule has 0 atom stereocenters. The van der Waals surface area contributed by atoms with Gasteiger partial charge in [0.05, 0.1) is 17.7 Å². The first-order valence-electron chi connectivity index (χ1n) is 7.76. The molecule has 10 heteroatoms. The summed E-state index contributed by atoms with van der Waals surface area (Å²) in [6.07, 6.45) is -4.63. The first-order valence-corrected chi connectivity index (χ1v) is 8.14. The van der Waals surface area contributed by atoms with E-state index in [1.165, 1.54) is 18.2 Å². The van der Waals surface area contributed by atoms with Crippen molar-refractivity contribution in [1.82, 2.24) is 0 Å². The third-order valence-electron chi connectivity index (χ3n) is 3.59. The normalized spacial score (nSPS) is 11.1. The Morgan fingerprint density at radius 2 is 1.89 bits per heavy atom. The highest BCUT2D eigenvalue weighted by molar-refractivity contribution is 6.32. The van der Waals surface area contributed by atoms with Crippen molar-refractivity contribution in [3.63, 3.8) is 0 Å². The van der Waals surface area contributed by atoms with Gasteiger partial charge < -0.3 is 19.9 Å². The minimum absolute atomic E-state index is 0.00629. The summed E-state index contributed by atoms with van der Waals surface area (Å²) in [7, 11) is 1.16. The van der Waals surface area contributed by atoms with Crippen LogP contribution in [0.5, 0.6) is 11.5 Å². The van der Waals surface area contributed by atoms with Crippen LogP contribution in [-0.4, -0.2) is 24.2 Å². The van der Waals surface area contributed by atoms with Gasteiger partial charge in [0.2, 0.25) is 0 Å². The van der Waals surface area contributed by atoms with Crippen molar-refractivity contribution < 1.29 is 37.3 Å². The van der Waals surface area contributed by atoms with Crippen LogP contribution in [0.4, 0.5) is 18.9 Å². The maximum atomic E-state index is 12.9. The third kappa shape index (κ3) is 5.07. The number of alkyl halides is 3. The highest BCUT2D eigenvalue weighted by atomic mass is 35.5. The predicted molar refractivity (Wildman–Crippen MR) is 94.5 cm³/mol. The average Bonchev–Trinajstić information content (AvgIpc) is 2.61. The monoisotopic (exact) mass is 417 g/mol. The molecule has 0 unspecified atom stereocenters. The van der Waals surface area contributed by atoms with E-state index < -0.39 is 34.5 Å². The lowest BCUT2D eigenvalue weighted by molar-refractivity contribution is -0.137. The van der Waals surface area contributed by atoms with Gasteiger partial charge in [-0.25, -0.2) is 4.79 Å². The molecule has 0 aliphatic heterocycles. The van der Waals surface area contributed by atoms with Crippen molar-refractivity contribution in [3.05, 3.63) is 52.0 Å². The molecule has 0 amide bonds. The highest BCUT2D eigenvalue weighted by Crippen LogP contribution is 2.37. The summed E-state index contributed by atoms with van der Waals surface area (Å²) < 4.78 is 48.3. The molecule has 2 N–H and O–H groups in total. The molecule has 0 saturated carbocycles. The Balaban J connectivity index is 2.31. The Kier molecular flexibility index (Phi) is 6.40. The van der Waals surface area contributed by atoms with E-state index in [1.54, 1.807) is 0 Å². The van der Waals surface area contributed by atoms with Crippen LogP contribution in [0, 0.1) is 0 Å². The Morgan fingerprint density at radius 1 is 1.21 bits per heavy atom. The van der Waals surface area contributed by atoms with Crippen LogP contribution in [0.1, 0.15) is 28.4 Å². The lowest BCUT2D eigenvalue weighted by Gasteiger charge is -2.14. The molecule has 150 valence electrons. The van der Waals surface area contributed by atoms with Gasteiger partial charge in [-0.1, -0.05) is 11.6 Å². The molecular formula is C18H15ClF3NO5. The van der Waals surface area contributed by atoms with Crippen LogP contribution in [0.25, 0.3) is 0 Å². The van der Waals surface area contributed by atoms with Crippen LogP contribution in [0.3, 0.4) is 0 Å². The zero-order valence-electron chi connectivity index (χ0n) is 14.7. The van der Waals surface area contributed by atoms with Crippen LogP contribution >= 0.6 is 11.6 Å². The van der Waals surface area contributed by atoms with Crippen LogP contribution in [0.2, 0.25) is 5.02 Å². The summed E-state index contributed by atoms with van der Waals surface area (Å²) in [5, 5.41) is 12.3. The maximum Gasteiger partial charge on any atom is 0.416 e. The molecule has 6 nitrogen and oxygen atoms in total. The van der Waals surface area contributed by atoms with E-state index in [0.29, 0.717) is 11.8 Å². The van der Waals surface area contributed by atoms with Gasteiger partial charge in [0.25, 0.3) is 0 Å². The SMILES string of the molecule is COC(=O)c1ccc(NCc2cc(C(F)(F)F)cc(Cl)c2O)cc1OC(C)=O.